The van der Waals surface area contributed by atoms with Crippen LogP contribution in [0.3, 0.4) is 0 Å². The van der Waals surface area contributed by atoms with Crippen LogP contribution in [0.25, 0.3) is 0 Å². The zero-order valence-corrected chi connectivity index (χ0v) is 16.0. The molecule has 0 radical (unpaired) electrons. The van der Waals surface area contributed by atoms with Crippen LogP contribution < -0.4 is 9.64 Å². The molecule has 2 aromatic carbocycles. The highest BCUT2D eigenvalue weighted by Crippen LogP contribution is 2.30. The number of ether oxygens (including phenoxy) is 1. The molecule has 3 rings (SSSR count). The van der Waals surface area contributed by atoms with Crippen molar-refractivity contribution < 1.29 is 13.2 Å². The van der Waals surface area contributed by atoms with Crippen molar-refractivity contribution in [1.82, 2.24) is 4.31 Å². The molecular formula is C17H18Cl2N2O3S. The fourth-order valence-electron chi connectivity index (χ4n) is 2.79. The molecule has 1 heterocycles. The number of sulfonamides is 1. The molecule has 1 saturated heterocycles. The molecule has 25 heavy (non-hydrogen) atoms. The molecule has 0 spiro atoms. The Hall–Kier alpha value is -1.47. The van der Waals surface area contributed by atoms with Gasteiger partial charge >= 0.3 is 0 Å². The minimum atomic E-state index is -3.52. The first-order valence-electron chi connectivity index (χ1n) is 7.76. The molecule has 0 saturated carbocycles. The standard InChI is InChI=1S/C17H18Cl2N2O3S/c1-24-14-3-5-15(6-4-14)25(22,23)21-10-8-20(9-11-21)17-12-13(18)2-7-16(17)19/h2-7,12H,8-11H2,1H3. The maximum Gasteiger partial charge on any atom is 0.243 e. The summed E-state index contributed by atoms with van der Waals surface area (Å²) in [4.78, 5) is 2.32. The maximum absolute atomic E-state index is 12.8. The van der Waals surface area contributed by atoms with Crippen molar-refractivity contribution in [3.8, 4) is 5.75 Å². The van der Waals surface area contributed by atoms with Crippen molar-refractivity contribution in [3.63, 3.8) is 0 Å². The highest BCUT2D eigenvalue weighted by Gasteiger charge is 2.29. The third kappa shape index (κ3) is 3.87. The van der Waals surface area contributed by atoms with E-state index >= 15 is 0 Å². The number of piperazine rings is 1. The number of nitrogens with zero attached hydrogens (tertiary/aromatic N) is 2. The fourth-order valence-corrected chi connectivity index (χ4v) is 4.62. The van der Waals surface area contributed by atoms with Gasteiger partial charge in [0.25, 0.3) is 0 Å². The molecule has 0 unspecified atom stereocenters. The second-order valence-electron chi connectivity index (χ2n) is 5.66. The molecule has 0 aromatic heterocycles. The molecule has 5 nitrogen and oxygen atoms in total. The lowest BCUT2D eigenvalue weighted by molar-refractivity contribution is 0.384. The van der Waals surface area contributed by atoms with Crippen molar-refractivity contribution in [2.24, 2.45) is 0 Å². The molecule has 0 N–H and O–H groups in total. The maximum atomic E-state index is 12.8. The Morgan fingerprint density at radius 2 is 1.60 bits per heavy atom. The van der Waals surface area contributed by atoms with Gasteiger partial charge in [-0.25, -0.2) is 8.42 Å². The second kappa shape index (κ2) is 7.41. The number of hydrogen-bond acceptors (Lipinski definition) is 4. The van der Waals surface area contributed by atoms with Gasteiger partial charge < -0.3 is 9.64 Å². The van der Waals surface area contributed by atoms with E-state index in [1.54, 1.807) is 49.6 Å². The van der Waals surface area contributed by atoms with E-state index < -0.39 is 10.0 Å². The molecule has 1 aliphatic heterocycles. The first-order valence-corrected chi connectivity index (χ1v) is 9.95. The Bertz CT molecular complexity index is 849. The van der Waals surface area contributed by atoms with Crippen LogP contribution in [0.5, 0.6) is 5.75 Å². The average Bonchev–Trinajstić information content (AvgIpc) is 2.64. The van der Waals surface area contributed by atoms with Gasteiger partial charge in [0.2, 0.25) is 10.0 Å². The quantitative estimate of drug-likeness (QED) is 0.787. The van der Waals surface area contributed by atoms with Gasteiger partial charge in [-0.3, -0.25) is 0 Å². The van der Waals surface area contributed by atoms with Crippen molar-refractivity contribution in [3.05, 3.63) is 52.5 Å². The Morgan fingerprint density at radius 1 is 0.960 bits per heavy atom. The van der Waals surface area contributed by atoms with Crippen LogP contribution in [0.1, 0.15) is 0 Å². The minimum absolute atomic E-state index is 0.266. The summed E-state index contributed by atoms with van der Waals surface area (Å²) >= 11 is 12.3. The normalized spacial score (nSPS) is 16.0. The Morgan fingerprint density at radius 3 is 2.20 bits per heavy atom. The van der Waals surface area contributed by atoms with Crippen molar-refractivity contribution in [2.75, 3.05) is 38.2 Å². The summed E-state index contributed by atoms with van der Waals surface area (Å²) in [5.41, 5.74) is 0.829. The van der Waals surface area contributed by atoms with Crippen LogP contribution in [-0.2, 0) is 10.0 Å². The highest BCUT2D eigenvalue weighted by atomic mass is 35.5. The molecule has 1 aliphatic rings. The zero-order valence-electron chi connectivity index (χ0n) is 13.7. The van der Waals surface area contributed by atoms with E-state index in [1.165, 1.54) is 4.31 Å². The van der Waals surface area contributed by atoms with Crippen molar-refractivity contribution in [2.45, 2.75) is 4.90 Å². The van der Waals surface area contributed by atoms with Crippen LogP contribution >= 0.6 is 23.2 Å². The minimum Gasteiger partial charge on any atom is -0.497 e. The zero-order chi connectivity index (χ0) is 18.0. The Kier molecular flexibility index (Phi) is 5.43. The van der Waals surface area contributed by atoms with Gasteiger partial charge in [0, 0.05) is 31.2 Å². The van der Waals surface area contributed by atoms with E-state index in [9.17, 15) is 8.42 Å². The lowest BCUT2D eigenvalue weighted by Gasteiger charge is -2.35. The summed E-state index contributed by atoms with van der Waals surface area (Å²) in [7, 11) is -1.97. The molecule has 0 aliphatic carbocycles. The molecule has 0 amide bonds. The van der Waals surface area contributed by atoms with E-state index in [0.717, 1.165) is 5.69 Å². The third-order valence-electron chi connectivity index (χ3n) is 4.18. The largest absolute Gasteiger partial charge is 0.497 e. The van der Waals surface area contributed by atoms with Gasteiger partial charge in [0.05, 0.1) is 22.7 Å². The van der Waals surface area contributed by atoms with E-state index in [4.69, 9.17) is 27.9 Å². The summed E-state index contributed by atoms with van der Waals surface area (Å²) in [6.45, 7) is 1.87. The van der Waals surface area contributed by atoms with E-state index in [0.29, 0.717) is 42.0 Å². The summed E-state index contributed by atoms with van der Waals surface area (Å²) < 4.78 is 32.1. The summed E-state index contributed by atoms with van der Waals surface area (Å²) in [5, 5.41) is 1.21. The number of benzene rings is 2. The van der Waals surface area contributed by atoms with E-state index in [2.05, 4.69) is 0 Å². The fraction of sp³-hybridized carbons (Fsp3) is 0.294. The number of anilines is 1. The first-order chi connectivity index (χ1) is 11.9. The van der Waals surface area contributed by atoms with Gasteiger partial charge in [0.15, 0.2) is 0 Å². The number of halogens is 2. The lowest BCUT2D eigenvalue weighted by Crippen LogP contribution is -2.48. The molecule has 2 aromatic rings. The van der Waals surface area contributed by atoms with Crippen LogP contribution in [0.15, 0.2) is 47.4 Å². The van der Waals surface area contributed by atoms with E-state index in [-0.39, 0.29) is 4.90 Å². The molecule has 0 atom stereocenters. The summed E-state index contributed by atoms with van der Waals surface area (Å²) in [6, 6.07) is 11.7. The predicted octanol–water partition coefficient (Wildman–Crippen LogP) is 3.51. The predicted molar refractivity (Wildman–Crippen MR) is 100 cm³/mol. The molecule has 1 fully saturated rings. The van der Waals surface area contributed by atoms with Crippen LogP contribution in [0.4, 0.5) is 5.69 Å². The van der Waals surface area contributed by atoms with Crippen LogP contribution in [0, 0.1) is 0 Å². The second-order valence-corrected chi connectivity index (χ2v) is 8.44. The van der Waals surface area contributed by atoms with E-state index in [1.807, 2.05) is 4.90 Å². The number of rotatable bonds is 4. The molecule has 0 bridgehead atoms. The topological polar surface area (TPSA) is 49.9 Å². The highest BCUT2D eigenvalue weighted by molar-refractivity contribution is 7.89. The smallest absolute Gasteiger partial charge is 0.243 e. The lowest BCUT2D eigenvalue weighted by atomic mass is 10.2. The third-order valence-corrected chi connectivity index (χ3v) is 6.65. The average molecular weight is 401 g/mol. The monoisotopic (exact) mass is 400 g/mol. The van der Waals surface area contributed by atoms with Gasteiger partial charge in [-0.2, -0.15) is 4.31 Å². The first kappa shape index (κ1) is 18.3. The number of methoxy groups -OCH3 is 1. The van der Waals surface area contributed by atoms with Gasteiger partial charge in [-0.15, -0.1) is 0 Å². The molecule has 134 valence electrons. The number of hydrogen-bond donors (Lipinski definition) is 0. The van der Waals surface area contributed by atoms with Crippen molar-refractivity contribution in [1.29, 1.82) is 0 Å². The SMILES string of the molecule is COc1ccc(S(=O)(=O)N2CCN(c3cc(Cl)ccc3Cl)CC2)cc1. The Labute approximate surface area is 157 Å². The Balaban J connectivity index is 1.73. The summed E-state index contributed by atoms with van der Waals surface area (Å²) in [5.74, 6) is 0.624. The van der Waals surface area contributed by atoms with Gasteiger partial charge in [0.1, 0.15) is 5.75 Å². The van der Waals surface area contributed by atoms with Gasteiger partial charge in [-0.1, -0.05) is 23.2 Å². The van der Waals surface area contributed by atoms with Gasteiger partial charge in [-0.05, 0) is 42.5 Å². The van der Waals surface area contributed by atoms with Crippen LogP contribution in [-0.4, -0.2) is 46.0 Å². The summed E-state index contributed by atoms with van der Waals surface area (Å²) in [6.07, 6.45) is 0. The van der Waals surface area contributed by atoms with Crippen LogP contribution in [0.2, 0.25) is 10.0 Å². The molecular weight excluding hydrogens is 383 g/mol. The van der Waals surface area contributed by atoms with Crippen molar-refractivity contribution >= 4 is 38.9 Å². The molecule has 8 heteroatoms.